The van der Waals surface area contributed by atoms with Gasteiger partial charge in [0, 0.05) is 18.5 Å². The topological polar surface area (TPSA) is 55.1 Å². The third-order valence-corrected chi connectivity index (χ3v) is 4.33. The lowest BCUT2D eigenvalue weighted by atomic mass is 9.82. The van der Waals surface area contributed by atoms with Gasteiger partial charge in [-0.05, 0) is 37.0 Å². The molecule has 20 heavy (non-hydrogen) atoms. The van der Waals surface area contributed by atoms with E-state index in [4.69, 9.17) is 5.73 Å². The van der Waals surface area contributed by atoms with Crippen LogP contribution in [-0.2, 0) is 4.79 Å². The summed E-state index contributed by atoms with van der Waals surface area (Å²) in [5, 5.41) is 3.23. The van der Waals surface area contributed by atoms with Crippen molar-refractivity contribution in [3.63, 3.8) is 0 Å². The lowest BCUT2D eigenvalue weighted by Gasteiger charge is -2.31. The van der Waals surface area contributed by atoms with Gasteiger partial charge in [0.15, 0.2) is 0 Å². The number of amides is 1. The van der Waals surface area contributed by atoms with Crippen LogP contribution in [0.5, 0.6) is 0 Å². The molecule has 1 amide bonds. The van der Waals surface area contributed by atoms with Gasteiger partial charge in [-0.1, -0.05) is 47.0 Å². The van der Waals surface area contributed by atoms with Crippen LogP contribution in [0.3, 0.4) is 0 Å². The highest BCUT2D eigenvalue weighted by Crippen LogP contribution is 2.28. The van der Waals surface area contributed by atoms with Gasteiger partial charge in [0.2, 0.25) is 5.91 Å². The van der Waals surface area contributed by atoms with Crippen LogP contribution in [0.25, 0.3) is 0 Å². The third-order valence-electron chi connectivity index (χ3n) is 4.33. The number of hydrogen-bond donors (Lipinski definition) is 2. The summed E-state index contributed by atoms with van der Waals surface area (Å²) < 4.78 is 0. The van der Waals surface area contributed by atoms with E-state index < -0.39 is 0 Å². The molecule has 1 rings (SSSR count). The van der Waals surface area contributed by atoms with E-state index in [-0.39, 0.29) is 17.4 Å². The van der Waals surface area contributed by atoms with Gasteiger partial charge in [0.25, 0.3) is 0 Å². The molecule has 0 spiro atoms. The van der Waals surface area contributed by atoms with Crippen molar-refractivity contribution in [2.24, 2.45) is 17.1 Å². The maximum atomic E-state index is 12.2. The number of rotatable bonds is 6. The first-order valence-electron chi connectivity index (χ1n) is 8.36. The number of carbonyl (C=O) groups is 1. The van der Waals surface area contributed by atoms with E-state index in [1.54, 1.807) is 0 Å². The smallest absolute Gasteiger partial charge is 0.221 e. The van der Waals surface area contributed by atoms with E-state index in [1.807, 2.05) is 0 Å². The van der Waals surface area contributed by atoms with Crippen molar-refractivity contribution in [2.75, 3.05) is 0 Å². The molecule has 3 N–H and O–H groups in total. The Hall–Kier alpha value is -0.570. The summed E-state index contributed by atoms with van der Waals surface area (Å²) in [7, 11) is 0. The van der Waals surface area contributed by atoms with Crippen molar-refractivity contribution in [1.82, 2.24) is 5.32 Å². The molecular weight excluding hydrogens is 248 g/mol. The van der Waals surface area contributed by atoms with E-state index in [1.165, 1.54) is 32.1 Å². The normalized spacial score (nSPS) is 20.4. The fourth-order valence-electron chi connectivity index (χ4n) is 3.45. The second-order valence-corrected chi connectivity index (χ2v) is 7.71. The van der Waals surface area contributed by atoms with Gasteiger partial charge in [0.05, 0.1) is 0 Å². The molecule has 2 unspecified atom stereocenters. The van der Waals surface area contributed by atoms with Gasteiger partial charge < -0.3 is 11.1 Å². The van der Waals surface area contributed by atoms with Crippen LogP contribution in [0.1, 0.15) is 79.1 Å². The van der Waals surface area contributed by atoms with E-state index in [2.05, 4.69) is 33.0 Å². The molecule has 0 heterocycles. The Balaban J connectivity index is 2.38. The van der Waals surface area contributed by atoms with Crippen molar-refractivity contribution in [3.8, 4) is 0 Å². The molecule has 1 saturated carbocycles. The molecule has 1 aliphatic carbocycles. The van der Waals surface area contributed by atoms with E-state index in [9.17, 15) is 4.79 Å². The zero-order valence-corrected chi connectivity index (χ0v) is 13.9. The molecule has 0 aromatic heterocycles. The Bertz CT molecular complexity index is 290. The van der Waals surface area contributed by atoms with Crippen LogP contribution in [0.2, 0.25) is 0 Å². The first-order valence-corrected chi connectivity index (χ1v) is 8.36. The van der Waals surface area contributed by atoms with Gasteiger partial charge in [-0.2, -0.15) is 0 Å². The van der Waals surface area contributed by atoms with Gasteiger partial charge >= 0.3 is 0 Å². The summed E-state index contributed by atoms with van der Waals surface area (Å²) in [6.45, 7) is 8.68. The van der Waals surface area contributed by atoms with Gasteiger partial charge in [-0.3, -0.25) is 4.79 Å². The summed E-state index contributed by atoms with van der Waals surface area (Å²) in [4.78, 5) is 12.2. The SMILES string of the molecule is CCC(NC(=O)CC(N)CC(C)(C)C)C1CCCCC1. The maximum Gasteiger partial charge on any atom is 0.221 e. The van der Waals surface area contributed by atoms with Crippen LogP contribution in [0.4, 0.5) is 0 Å². The molecule has 1 aliphatic rings. The quantitative estimate of drug-likeness (QED) is 0.782. The Morgan fingerprint density at radius 1 is 1.25 bits per heavy atom. The number of hydrogen-bond acceptors (Lipinski definition) is 2. The fourth-order valence-corrected chi connectivity index (χ4v) is 3.45. The molecule has 3 heteroatoms. The van der Waals surface area contributed by atoms with Crippen LogP contribution in [0, 0.1) is 11.3 Å². The highest BCUT2D eigenvalue weighted by Gasteiger charge is 2.25. The zero-order valence-electron chi connectivity index (χ0n) is 13.9. The summed E-state index contributed by atoms with van der Waals surface area (Å²) in [6.07, 6.45) is 8.92. The van der Waals surface area contributed by atoms with Crippen LogP contribution < -0.4 is 11.1 Å². The Morgan fingerprint density at radius 3 is 2.35 bits per heavy atom. The minimum Gasteiger partial charge on any atom is -0.353 e. The summed E-state index contributed by atoms with van der Waals surface area (Å²) in [5.74, 6) is 0.815. The van der Waals surface area contributed by atoms with Crippen molar-refractivity contribution >= 4 is 5.91 Å². The minimum absolute atomic E-state index is 0.0288. The molecule has 0 aromatic rings. The first-order chi connectivity index (χ1) is 9.31. The second-order valence-electron chi connectivity index (χ2n) is 7.71. The summed E-state index contributed by atoms with van der Waals surface area (Å²) in [6, 6.07) is 0.323. The number of nitrogens with one attached hydrogen (secondary N) is 1. The zero-order chi connectivity index (χ0) is 15.2. The van der Waals surface area contributed by atoms with Crippen LogP contribution in [0.15, 0.2) is 0 Å². The summed E-state index contributed by atoms with van der Waals surface area (Å²) >= 11 is 0. The van der Waals surface area contributed by atoms with Gasteiger partial charge in [-0.15, -0.1) is 0 Å². The molecular formula is C17H34N2O. The van der Waals surface area contributed by atoms with Crippen LogP contribution >= 0.6 is 0 Å². The maximum absolute atomic E-state index is 12.2. The molecule has 0 aromatic carbocycles. The predicted octanol–water partition coefficient (Wildman–Crippen LogP) is 3.62. The largest absolute Gasteiger partial charge is 0.353 e. The molecule has 0 saturated heterocycles. The predicted molar refractivity (Wildman–Crippen MR) is 85.5 cm³/mol. The lowest BCUT2D eigenvalue weighted by Crippen LogP contribution is -2.43. The van der Waals surface area contributed by atoms with Gasteiger partial charge in [0.1, 0.15) is 0 Å². The Morgan fingerprint density at radius 2 is 1.85 bits per heavy atom. The monoisotopic (exact) mass is 282 g/mol. The fraction of sp³-hybridized carbons (Fsp3) is 0.941. The third kappa shape index (κ3) is 6.74. The van der Waals surface area contributed by atoms with Gasteiger partial charge in [-0.25, -0.2) is 0 Å². The lowest BCUT2D eigenvalue weighted by molar-refractivity contribution is -0.122. The molecule has 2 atom stereocenters. The average molecular weight is 282 g/mol. The van der Waals surface area contributed by atoms with E-state index in [0.717, 1.165) is 12.8 Å². The molecule has 0 radical (unpaired) electrons. The molecule has 1 fully saturated rings. The second kappa shape index (κ2) is 8.02. The Kier molecular flexibility index (Phi) is 7.01. The van der Waals surface area contributed by atoms with Crippen LogP contribution in [-0.4, -0.2) is 18.0 Å². The molecule has 3 nitrogen and oxygen atoms in total. The van der Waals surface area contributed by atoms with E-state index in [0.29, 0.717) is 18.4 Å². The van der Waals surface area contributed by atoms with Crippen molar-refractivity contribution in [3.05, 3.63) is 0 Å². The van der Waals surface area contributed by atoms with E-state index >= 15 is 0 Å². The van der Waals surface area contributed by atoms with Crippen molar-refractivity contribution in [2.45, 2.75) is 91.1 Å². The minimum atomic E-state index is -0.0288. The molecule has 0 aliphatic heterocycles. The first kappa shape index (κ1) is 17.5. The number of carbonyl (C=O) groups excluding carboxylic acids is 1. The Labute approximate surface area is 125 Å². The summed E-state index contributed by atoms with van der Waals surface area (Å²) in [5.41, 5.74) is 6.28. The molecule has 0 bridgehead atoms. The number of nitrogens with two attached hydrogens (primary N) is 1. The highest BCUT2D eigenvalue weighted by molar-refractivity contribution is 5.76. The highest BCUT2D eigenvalue weighted by atomic mass is 16.1. The average Bonchev–Trinajstić information content (AvgIpc) is 2.34. The van der Waals surface area contributed by atoms with Crippen molar-refractivity contribution < 1.29 is 4.79 Å². The molecule has 118 valence electrons. The standard InChI is InChI=1S/C17H34N2O/c1-5-15(13-9-7-6-8-10-13)19-16(20)11-14(18)12-17(2,3)4/h13-15H,5-12,18H2,1-4H3,(H,19,20). The van der Waals surface area contributed by atoms with Crippen molar-refractivity contribution in [1.29, 1.82) is 0 Å².